The molecule has 27 heavy (non-hydrogen) atoms. The van der Waals surface area contributed by atoms with E-state index in [4.69, 9.17) is 9.47 Å². The van der Waals surface area contributed by atoms with Crippen LogP contribution in [-0.2, 0) is 6.61 Å². The molecule has 0 heterocycles. The fourth-order valence-electron chi connectivity index (χ4n) is 2.63. The fraction of sp³-hybridized carbons (Fsp3) is 0.0870. The second-order valence-corrected chi connectivity index (χ2v) is 5.86. The molecule has 3 aromatic carbocycles. The van der Waals surface area contributed by atoms with Crippen LogP contribution in [-0.4, -0.2) is 7.11 Å². The lowest BCUT2D eigenvalue weighted by molar-refractivity contribution is 0.284. The number of ether oxygens (including phenoxy) is 2. The lowest BCUT2D eigenvalue weighted by atomic mass is 10.0. The molecule has 0 bridgehead atoms. The van der Waals surface area contributed by atoms with Gasteiger partial charge >= 0.3 is 0 Å². The van der Waals surface area contributed by atoms with Crippen molar-refractivity contribution in [3.63, 3.8) is 0 Å². The van der Waals surface area contributed by atoms with Gasteiger partial charge in [-0.25, -0.2) is 4.39 Å². The third-order valence-electron chi connectivity index (χ3n) is 3.99. The van der Waals surface area contributed by atoms with E-state index in [-0.39, 0.29) is 5.82 Å². The molecule has 0 fully saturated rings. The fourth-order valence-corrected chi connectivity index (χ4v) is 2.63. The molecule has 0 saturated heterocycles. The third-order valence-corrected chi connectivity index (χ3v) is 3.99. The minimum absolute atomic E-state index is 0.370. The largest absolute Gasteiger partial charge is 0.493 e. The van der Waals surface area contributed by atoms with Crippen LogP contribution in [0.1, 0.15) is 16.7 Å². The predicted octanol–water partition coefficient (Wildman–Crippen LogP) is 5.48. The number of rotatable bonds is 6. The zero-order valence-corrected chi connectivity index (χ0v) is 14.9. The summed E-state index contributed by atoms with van der Waals surface area (Å²) in [6.07, 6.45) is 1.69. The summed E-state index contributed by atoms with van der Waals surface area (Å²) < 4.78 is 24.7. The van der Waals surface area contributed by atoms with E-state index >= 15 is 0 Å². The van der Waals surface area contributed by atoms with E-state index in [9.17, 15) is 9.65 Å². The summed E-state index contributed by atoms with van der Waals surface area (Å²) in [6, 6.07) is 23.3. The zero-order chi connectivity index (χ0) is 19.1. The van der Waals surface area contributed by atoms with Gasteiger partial charge in [-0.1, -0.05) is 48.5 Å². The Labute approximate surface area is 157 Å². The van der Waals surface area contributed by atoms with Crippen molar-refractivity contribution in [2.24, 2.45) is 0 Å². The van der Waals surface area contributed by atoms with Gasteiger partial charge in [0.05, 0.1) is 18.8 Å². The van der Waals surface area contributed by atoms with Crippen molar-refractivity contribution in [3.05, 3.63) is 95.3 Å². The van der Waals surface area contributed by atoms with Gasteiger partial charge in [0.15, 0.2) is 11.5 Å². The standard InChI is InChI=1S/C23H18FNO2/c1-26-23-13-18(12-20(15-25)19-8-5-9-21(24)14-19)10-11-22(23)27-16-17-6-3-2-4-7-17/h2-14H,16H2,1H3/b20-12-. The molecule has 3 aromatic rings. The normalized spacial score (nSPS) is 10.9. The number of halogens is 1. The molecule has 0 saturated carbocycles. The summed E-state index contributed by atoms with van der Waals surface area (Å²) in [4.78, 5) is 0. The first kappa shape index (κ1) is 18.2. The Hall–Kier alpha value is -3.58. The Balaban J connectivity index is 1.83. The molecule has 0 amide bonds. The minimum atomic E-state index is -0.379. The Morgan fingerprint density at radius 2 is 1.81 bits per heavy atom. The summed E-state index contributed by atoms with van der Waals surface area (Å²) in [7, 11) is 1.57. The molecule has 3 rings (SSSR count). The lowest BCUT2D eigenvalue weighted by Crippen LogP contribution is -1.97. The van der Waals surface area contributed by atoms with E-state index in [1.807, 2.05) is 36.4 Å². The van der Waals surface area contributed by atoms with Crippen LogP contribution in [0.4, 0.5) is 4.39 Å². The number of allylic oxidation sites excluding steroid dienone is 1. The van der Waals surface area contributed by atoms with Gasteiger partial charge in [-0.3, -0.25) is 0 Å². The van der Waals surface area contributed by atoms with Gasteiger partial charge in [0.1, 0.15) is 12.4 Å². The van der Waals surface area contributed by atoms with Crippen molar-refractivity contribution in [1.82, 2.24) is 0 Å². The van der Waals surface area contributed by atoms with E-state index in [0.717, 1.165) is 11.1 Å². The van der Waals surface area contributed by atoms with E-state index in [2.05, 4.69) is 6.07 Å². The van der Waals surface area contributed by atoms with Crippen LogP contribution < -0.4 is 9.47 Å². The number of nitriles is 1. The third kappa shape index (κ3) is 4.74. The molecule has 0 aliphatic rings. The maximum atomic E-state index is 13.4. The number of hydrogen-bond acceptors (Lipinski definition) is 3. The smallest absolute Gasteiger partial charge is 0.161 e. The molecular weight excluding hydrogens is 341 g/mol. The van der Waals surface area contributed by atoms with E-state index in [1.165, 1.54) is 12.1 Å². The zero-order valence-electron chi connectivity index (χ0n) is 14.9. The SMILES string of the molecule is COc1cc(/C=C(/C#N)c2cccc(F)c2)ccc1OCc1ccccc1. The van der Waals surface area contributed by atoms with Gasteiger partial charge in [-0.05, 0) is 47.0 Å². The Bertz CT molecular complexity index is 991. The second kappa shape index (κ2) is 8.68. The molecule has 0 radical (unpaired) electrons. The molecule has 0 atom stereocenters. The van der Waals surface area contributed by atoms with Crippen molar-refractivity contribution in [2.75, 3.05) is 7.11 Å². The van der Waals surface area contributed by atoms with Crippen molar-refractivity contribution >= 4 is 11.6 Å². The summed E-state index contributed by atoms with van der Waals surface area (Å²) >= 11 is 0. The van der Waals surface area contributed by atoms with Crippen molar-refractivity contribution < 1.29 is 13.9 Å². The number of hydrogen-bond donors (Lipinski definition) is 0. The number of nitrogens with zero attached hydrogens (tertiary/aromatic N) is 1. The number of methoxy groups -OCH3 is 1. The van der Waals surface area contributed by atoms with E-state index in [0.29, 0.717) is 29.2 Å². The molecule has 0 aliphatic carbocycles. The number of benzene rings is 3. The highest BCUT2D eigenvalue weighted by Crippen LogP contribution is 2.30. The first-order valence-corrected chi connectivity index (χ1v) is 8.42. The van der Waals surface area contributed by atoms with Gasteiger partial charge in [0, 0.05) is 0 Å². The van der Waals surface area contributed by atoms with Crippen LogP contribution in [0.3, 0.4) is 0 Å². The molecule has 0 N–H and O–H groups in total. The van der Waals surface area contributed by atoms with Gasteiger partial charge in [0.25, 0.3) is 0 Å². The molecule has 0 aliphatic heterocycles. The highest BCUT2D eigenvalue weighted by molar-refractivity contribution is 5.89. The molecule has 4 heteroatoms. The summed E-state index contributed by atoms with van der Waals surface area (Å²) in [5.41, 5.74) is 2.72. The van der Waals surface area contributed by atoms with E-state index in [1.54, 1.807) is 37.5 Å². The Morgan fingerprint density at radius 1 is 1.00 bits per heavy atom. The van der Waals surface area contributed by atoms with Crippen LogP contribution in [0, 0.1) is 17.1 Å². The molecule has 134 valence electrons. The molecular formula is C23H18FNO2. The summed E-state index contributed by atoms with van der Waals surface area (Å²) in [5.74, 6) is 0.801. The first-order valence-electron chi connectivity index (χ1n) is 8.42. The minimum Gasteiger partial charge on any atom is -0.493 e. The second-order valence-electron chi connectivity index (χ2n) is 5.86. The van der Waals surface area contributed by atoms with Gasteiger partial charge in [-0.2, -0.15) is 5.26 Å². The van der Waals surface area contributed by atoms with Crippen molar-refractivity contribution in [2.45, 2.75) is 6.61 Å². The van der Waals surface area contributed by atoms with Gasteiger partial charge in [0.2, 0.25) is 0 Å². The highest BCUT2D eigenvalue weighted by Gasteiger charge is 2.08. The summed E-state index contributed by atoms with van der Waals surface area (Å²) in [6.45, 7) is 0.430. The lowest BCUT2D eigenvalue weighted by Gasteiger charge is -2.11. The Morgan fingerprint density at radius 3 is 2.52 bits per heavy atom. The average molecular weight is 359 g/mol. The monoisotopic (exact) mass is 359 g/mol. The maximum Gasteiger partial charge on any atom is 0.161 e. The topological polar surface area (TPSA) is 42.2 Å². The molecule has 3 nitrogen and oxygen atoms in total. The van der Waals surface area contributed by atoms with Crippen LogP contribution in [0.5, 0.6) is 11.5 Å². The van der Waals surface area contributed by atoms with E-state index < -0.39 is 0 Å². The maximum absolute atomic E-state index is 13.4. The Kier molecular flexibility index (Phi) is 5.86. The quantitative estimate of drug-likeness (QED) is 0.432. The van der Waals surface area contributed by atoms with Gasteiger partial charge < -0.3 is 9.47 Å². The highest BCUT2D eigenvalue weighted by atomic mass is 19.1. The van der Waals surface area contributed by atoms with Crippen LogP contribution >= 0.6 is 0 Å². The summed E-state index contributed by atoms with van der Waals surface area (Å²) in [5, 5.41) is 9.43. The van der Waals surface area contributed by atoms with Crippen molar-refractivity contribution in [3.8, 4) is 17.6 Å². The van der Waals surface area contributed by atoms with Crippen molar-refractivity contribution in [1.29, 1.82) is 5.26 Å². The average Bonchev–Trinajstić information content (AvgIpc) is 2.71. The van der Waals surface area contributed by atoms with Crippen LogP contribution in [0.15, 0.2) is 72.8 Å². The molecule has 0 aromatic heterocycles. The predicted molar refractivity (Wildman–Crippen MR) is 104 cm³/mol. The van der Waals surface area contributed by atoms with Crippen LogP contribution in [0.25, 0.3) is 11.6 Å². The first-order chi connectivity index (χ1) is 13.2. The van der Waals surface area contributed by atoms with Gasteiger partial charge in [-0.15, -0.1) is 0 Å². The van der Waals surface area contributed by atoms with Crippen LogP contribution in [0.2, 0.25) is 0 Å². The molecule has 0 unspecified atom stereocenters. The molecule has 0 spiro atoms.